The zero-order chi connectivity index (χ0) is 13.7. The number of aryl methyl sites for hydroxylation is 1. The van der Waals surface area contributed by atoms with Crippen LogP contribution in [0.4, 0.5) is 0 Å². The lowest BCUT2D eigenvalue weighted by Crippen LogP contribution is -2.17. The number of aromatic nitrogens is 4. The predicted molar refractivity (Wildman–Crippen MR) is 75.8 cm³/mol. The molecule has 5 nitrogen and oxygen atoms in total. The molecule has 0 aliphatic heterocycles. The van der Waals surface area contributed by atoms with Crippen molar-refractivity contribution in [1.82, 2.24) is 24.9 Å². The van der Waals surface area contributed by atoms with Gasteiger partial charge in [0.2, 0.25) is 0 Å². The van der Waals surface area contributed by atoms with Crippen molar-refractivity contribution < 1.29 is 0 Å². The third-order valence-corrected chi connectivity index (χ3v) is 3.34. The highest BCUT2D eigenvalue weighted by atomic mass is 15.3. The third-order valence-electron chi connectivity index (χ3n) is 3.34. The van der Waals surface area contributed by atoms with Gasteiger partial charge in [0.25, 0.3) is 0 Å². The Morgan fingerprint density at radius 1 is 1.21 bits per heavy atom. The van der Waals surface area contributed by atoms with E-state index in [1.807, 2.05) is 22.6 Å². The fourth-order valence-corrected chi connectivity index (χ4v) is 1.93. The average molecular weight is 261 g/mol. The van der Waals surface area contributed by atoms with E-state index >= 15 is 0 Å². The van der Waals surface area contributed by atoms with Gasteiger partial charge in [-0.25, -0.2) is 0 Å². The van der Waals surface area contributed by atoms with Gasteiger partial charge in [0.1, 0.15) is 0 Å². The van der Waals surface area contributed by atoms with E-state index in [-0.39, 0.29) is 0 Å². The molecule has 2 heterocycles. The van der Waals surface area contributed by atoms with E-state index in [4.69, 9.17) is 0 Å². The van der Waals surface area contributed by atoms with Crippen LogP contribution in [0.1, 0.15) is 37.7 Å². The lowest BCUT2D eigenvalue weighted by molar-refractivity contribution is 0.471. The van der Waals surface area contributed by atoms with Gasteiger partial charge in [-0.15, -0.1) is 0 Å². The second kappa shape index (κ2) is 6.52. The molecule has 0 aliphatic rings. The average Bonchev–Trinajstić information content (AvgIpc) is 3.03. The zero-order valence-electron chi connectivity index (χ0n) is 12.0. The molecule has 0 spiro atoms. The monoisotopic (exact) mass is 261 g/mol. The highest BCUT2D eigenvalue weighted by Crippen LogP contribution is 2.08. The lowest BCUT2D eigenvalue weighted by Gasteiger charge is -2.08. The highest BCUT2D eigenvalue weighted by molar-refractivity contribution is 5.01. The van der Waals surface area contributed by atoms with Gasteiger partial charge >= 0.3 is 0 Å². The van der Waals surface area contributed by atoms with Crippen molar-refractivity contribution in [2.45, 2.75) is 39.3 Å². The van der Waals surface area contributed by atoms with Gasteiger partial charge in [-0.3, -0.25) is 9.36 Å². The molecule has 2 rings (SSSR count). The van der Waals surface area contributed by atoms with Crippen molar-refractivity contribution in [2.75, 3.05) is 6.54 Å². The summed E-state index contributed by atoms with van der Waals surface area (Å²) in [4.78, 5) is 0. The van der Waals surface area contributed by atoms with Gasteiger partial charge in [0.05, 0.1) is 11.4 Å². The molecule has 5 heteroatoms. The topological polar surface area (TPSA) is 47.7 Å². The van der Waals surface area contributed by atoms with Crippen LogP contribution >= 0.6 is 0 Å². The van der Waals surface area contributed by atoms with Gasteiger partial charge in [0, 0.05) is 45.0 Å². The smallest absolute Gasteiger partial charge is 0.0762 e. The molecule has 0 fully saturated rings. The molecule has 1 N–H and O–H groups in total. The fourth-order valence-electron chi connectivity index (χ4n) is 1.93. The van der Waals surface area contributed by atoms with Crippen molar-refractivity contribution in [2.24, 2.45) is 7.05 Å². The Kier molecular flexibility index (Phi) is 4.74. The minimum Gasteiger partial charge on any atom is -0.311 e. The number of nitrogens with one attached hydrogen (secondary N) is 1. The Morgan fingerprint density at radius 3 is 2.68 bits per heavy atom. The predicted octanol–water partition coefficient (Wildman–Crippen LogP) is 1.92. The molecule has 1 unspecified atom stereocenters. The summed E-state index contributed by atoms with van der Waals surface area (Å²) >= 11 is 0. The maximum absolute atomic E-state index is 4.56. The van der Waals surface area contributed by atoms with Crippen LogP contribution < -0.4 is 5.32 Å². The van der Waals surface area contributed by atoms with E-state index in [1.54, 1.807) is 0 Å². The third kappa shape index (κ3) is 3.92. The first-order valence-electron chi connectivity index (χ1n) is 6.92. The van der Waals surface area contributed by atoms with Gasteiger partial charge in [0.15, 0.2) is 0 Å². The van der Waals surface area contributed by atoms with Crippen LogP contribution in [-0.4, -0.2) is 26.1 Å². The van der Waals surface area contributed by atoms with Crippen molar-refractivity contribution in [3.05, 3.63) is 35.9 Å². The fraction of sp³-hybridized carbons (Fsp3) is 0.571. The van der Waals surface area contributed by atoms with Crippen molar-refractivity contribution in [1.29, 1.82) is 0 Å². The van der Waals surface area contributed by atoms with Crippen LogP contribution in [0, 0.1) is 0 Å². The first-order valence-corrected chi connectivity index (χ1v) is 6.92. The van der Waals surface area contributed by atoms with E-state index in [2.05, 4.69) is 47.7 Å². The summed E-state index contributed by atoms with van der Waals surface area (Å²) in [5, 5.41) is 12.3. The van der Waals surface area contributed by atoms with Crippen LogP contribution in [0.25, 0.3) is 0 Å². The van der Waals surface area contributed by atoms with Crippen molar-refractivity contribution in [3.63, 3.8) is 0 Å². The molecule has 0 aliphatic carbocycles. The van der Waals surface area contributed by atoms with Crippen molar-refractivity contribution >= 4 is 0 Å². The second-order valence-corrected chi connectivity index (χ2v) is 4.95. The first-order chi connectivity index (χ1) is 9.19. The molecule has 0 radical (unpaired) electrons. The molecule has 2 aromatic heterocycles. The lowest BCUT2D eigenvalue weighted by atomic mass is 10.3. The van der Waals surface area contributed by atoms with Crippen LogP contribution in [-0.2, 0) is 20.0 Å². The molecule has 0 amide bonds. The van der Waals surface area contributed by atoms with Gasteiger partial charge < -0.3 is 5.32 Å². The summed E-state index contributed by atoms with van der Waals surface area (Å²) in [7, 11) is 1.94. The summed E-state index contributed by atoms with van der Waals surface area (Å²) in [6.07, 6.45) is 6.09. The zero-order valence-corrected chi connectivity index (χ0v) is 12.0. The number of hydrogen-bond acceptors (Lipinski definition) is 3. The molecular weight excluding hydrogens is 238 g/mol. The Balaban J connectivity index is 1.72. The van der Waals surface area contributed by atoms with Crippen LogP contribution in [0.5, 0.6) is 0 Å². The normalized spacial score (nSPS) is 12.8. The molecule has 2 aromatic rings. The maximum Gasteiger partial charge on any atom is 0.0762 e. The number of hydrogen-bond donors (Lipinski definition) is 1. The minimum absolute atomic E-state index is 0.474. The summed E-state index contributed by atoms with van der Waals surface area (Å²) in [6.45, 7) is 6.10. The molecule has 0 bridgehead atoms. The number of nitrogens with zero attached hydrogens (tertiary/aromatic N) is 4. The largest absolute Gasteiger partial charge is 0.311 e. The quantitative estimate of drug-likeness (QED) is 0.775. The molecule has 19 heavy (non-hydrogen) atoms. The van der Waals surface area contributed by atoms with E-state index < -0.39 is 0 Å². The van der Waals surface area contributed by atoms with E-state index in [0.29, 0.717) is 6.04 Å². The van der Waals surface area contributed by atoms with E-state index in [9.17, 15) is 0 Å². The molecular formula is C14H23N5. The SMILES string of the molecule is CCC(C)n1ccc(CNCCc2ccn(C)n2)n1. The van der Waals surface area contributed by atoms with Crippen molar-refractivity contribution in [3.8, 4) is 0 Å². The summed E-state index contributed by atoms with van der Waals surface area (Å²) in [6, 6.07) is 4.61. The standard InChI is InChI=1S/C14H23N5/c1-4-12(2)19-10-7-14(17-19)11-15-8-5-13-6-9-18(3)16-13/h6-7,9-10,12,15H,4-5,8,11H2,1-3H3. The molecule has 0 saturated carbocycles. The molecule has 0 saturated heterocycles. The Labute approximate surface area is 114 Å². The number of rotatable bonds is 7. The molecule has 1 atom stereocenters. The summed E-state index contributed by atoms with van der Waals surface area (Å²) in [5.41, 5.74) is 2.22. The van der Waals surface area contributed by atoms with E-state index in [0.717, 1.165) is 37.3 Å². The summed E-state index contributed by atoms with van der Waals surface area (Å²) < 4.78 is 3.87. The minimum atomic E-state index is 0.474. The Bertz CT molecular complexity index is 499. The van der Waals surface area contributed by atoms with E-state index in [1.165, 1.54) is 0 Å². The van der Waals surface area contributed by atoms with Gasteiger partial charge in [-0.05, 0) is 25.5 Å². The Morgan fingerprint density at radius 2 is 2.00 bits per heavy atom. The van der Waals surface area contributed by atoms with Crippen LogP contribution in [0.2, 0.25) is 0 Å². The maximum atomic E-state index is 4.56. The van der Waals surface area contributed by atoms with Crippen LogP contribution in [0.15, 0.2) is 24.5 Å². The molecule has 0 aromatic carbocycles. The highest BCUT2D eigenvalue weighted by Gasteiger charge is 2.04. The van der Waals surface area contributed by atoms with Gasteiger partial charge in [-0.1, -0.05) is 6.92 Å². The molecule has 104 valence electrons. The van der Waals surface area contributed by atoms with Crippen LogP contribution in [0.3, 0.4) is 0 Å². The summed E-state index contributed by atoms with van der Waals surface area (Å²) in [5.74, 6) is 0. The Hall–Kier alpha value is -1.62. The first kappa shape index (κ1) is 13.8. The second-order valence-electron chi connectivity index (χ2n) is 4.95. The van der Waals surface area contributed by atoms with Gasteiger partial charge in [-0.2, -0.15) is 10.2 Å².